The first-order valence-electron chi connectivity index (χ1n) is 7.55. The Bertz CT molecular complexity index is 628. The van der Waals surface area contributed by atoms with Crippen LogP contribution in [0.5, 0.6) is 0 Å². The summed E-state index contributed by atoms with van der Waals surface area (Å²) in [5.74, 6) is -1.13. The fourth-order valence-electron chi connectivity index (χ4n) is 2.16. The minimum Gasteiger partial charge on any atom is -0.349 e. The van der Waals surface area contributed by atoms with Crippen molar-refractivity contribution in [2.24, 2.45) is 5.73 Å². The summed E-state index contributed by atoms with van der Waals surface area (Å²) in [6.07, 6.45) is 1.33. The summed E-state index contributed by atoms with van der Waals surface area (Å²) in [7, 11) is -3.98. The Kier molecular flexibility index (Phi) is 9.42. The van der Waals surface area contributed by atoms with Gasteiger partial charge in [0, 0.05) is 19.5 Å². The van der Waals surface area contributed by atoms with Gasteiger partial charge in [-0.25, -0.2) is 17.5 Å². The van der Waals surface area contributed by atoms with E-state index in [9.17, 15) is 17.6 Å². The Morgan fingerprint density at radius 3 is 2.33 bits per heavy atom. The van der Waals surface area contributed by atoms with Crippen molar-refractivity contribution in [1.82, 2.24) is 10.0 Å². The quantitative estimate of drug-likeness (QED) is 0.604. The van der Waals surface area contributed by atoms with Gasteiger partial charge in [0.15, 0.2) is 0 Å². The highest BCUT2D eigenvalue weighted by molar-refractivity contribution is 7.89. The summed E-state index contributed by atoms with van der Waals surface area (Å²) in [4.78, 5) is 11.5. The van der Waals surface area contributed by atoms with E-state index < -0.39 is 26.3 Å². The van der Waals surface area contributed by atoms with Crippen LogP contribution in [0.1, 0.15) is 33.1 Å². The van der Waals surface area contributed by atoms with Crippen LogP contribution in [0, 0.1) is 5.82 Å². The first kappa shape index (κ1) is 22.8. The highest BCUT2D eigenvalue weighted by atomic mass is 35.5. The van der Waals surface area contributed by atoms with E-state index in [0.717, 1.165) is 6.07 Å². The van der Waals surface area contributed by atoms with Crippen LogP contribution in [0.2, 0.25) is 0 Å². The van der Waals surface area contributed by atoms with Crippen molar-refractivity contribution >= 4 is 28.3 Å². The van der Waals surface area contributed by atoms with E-state index >= 15 is 0 Å². The minimum atomic E-state index is -3.98. The SMILES string of the molecule is CCC(CC)(CN)NC(=O)CCNS(=O)(=O)c1ccccc1F.Cl. The lowest BCUT2D eigenvalue weighted by Crippen LogP contribution is -2.53. The molecule has 1 aromatic carbocycles. The Morgan fingerprint density at radius 1 is 1.25 bits per heavy atom. The minimum absolute atomic E-state index is 0. The van der Waals surface area contributed by atoms with E-state index in [0.29, 0.717) is 19.4 Å². The first-order valence-corrected chi connectivity index (χ1v) is 9.04. The van der Waals surface area contributed by atoms with Crippen LogP contribution in [0.25, 0.3) is 0 Å². The Morgan fingerprint density at radius 2 is 1.83 bits per heavy atom. The summed E-state index contributed by atoms with van der Waals surface area (Å²) in [5.41, 5.74) is 5.23. The standard InChI is InChI=1S/C15H24FN3O3S.ClH/c1-3-15(4-2,11-17)19-14(20)9-10-18-23(21,22)13-8-6-5-7-12(13)16;/h5-8,18H,3-4,9-11,17H2,1-2H3,(H,19,20);1H. The number of sulfonamides is 1. The van der Waals surface area contributed by atoms with E-state index in [1.165, 1.54) is 18.2 Å². The van der Waals surface area contributed by atoms with Gasteiger partial charge in [-0.15, -0.1) is 12.4 Å². The number of amides is 1. The second kappa shape index (κ2) is 9.93. The molecular formula is C15H25ClFN3O3S. The van der Waals surface area contributed by atoms with Gasteiger partial charge in [0.1, 0.15) is 10.7 Å². The molecule has 0 spiro atoms. The van der Waals surface area contributed by atoms with Crippen LogP contribution in [0.4, 0.5) is 4.39 Å². The van der Waals surface area contributed by atoms with E-state index in [-0.39, 0.29) is 31.3 Å². The van der Waals surface area contributed by atoms with Crippen molar-refractivity contribution in [1.29, 1.82) is 0 Å². The van der Waals surface area contributed by atoms with E-state index in [2.05, 4.69) is 10.0 Å². The number of nitrogens with two attached hydrogens (primary N) is 1. The molecule has 24 heavy (non-hydrogen) atoms. The molecule has 9 heteroatoms. The molecule has 0 saturated heterocycles. The molecule has 4 N–H and O–H groups in total. The summed E-state index contributed by atoms with van der Waals surface area (Å²) in [5, 5.41) is 2.84. The number of rotatable bonds is 9. The number of benzene rings is 1. The van der Waals surface area contributed by atoms with Gasteiger partial charge in [-0.1, -0.05) is 26.0 Å². The fraction of sp³-hybridized carbons (Fsp3) is 0.533. The predicted molar refractivity (Wildman–Crippen MR) is 94.0 cm³/mol. The third-order valence-corrected chi connectivity index (χ3v) is 5.41. The van der Waals surface area contributed by atoms with Gasteiger partial charge in [0.05, 0.1) is 5.54 Å². The van der Waals surface area contributed by atoms with Gasteiger partial charge >= 0.3 is 0 Å². The smallest absolute Gasteiger partial charge is 0.243 e. The second-order valence-electron chi connectivity index (χ2n) is 5.32. The molecule has 0 unspecified atom stereocenters. The van der Waals surface area contributed by atoms with Crippen LogP contribution < -0.4 is 15.8 Å². The Hall–Kier alpha value is -1.22. The van der Waals surface area contributed by atoms with Crippen molar-refractivity contribution in [2.45, 2.75) is 43.5 Å². The Labute approximate surface area is 148 Å². The molecular weight excluding hydrogens is 357 g/mol. The lowest BCUT2D eigenvalue weighted by atomic mass is 9.93. The van der Waals surface area contributed by atoms with E-state index in [1.54, 1.807) is 0 Å². The third-order valence-electron chi connectivity index (χ3n) is 3.92. The van der Waals surface area contributed by atoms with Crippen LogP contribution >= 0.6 is 12.4 Å². The zero-order chi connectivity index (χ0) is 17.5. The van der Waals surface area contributed by atoms with Gasteiger partial charge in [0.2, 0.25) is 15.9 Å². The molecule has 1 amide bonds. The number of halogens is 2. The summed E-state index contributed by atoms with van der Waals surface area (Å²) in [6.45, 7) is 4.05. The van der Waals surface area contributed by atoms with Gasteiger partial charge in [-0.05, 0) is 25.0 Å². The molecule has 1 aromatic rings. The van der Waals surface area contributed by atoms with Crippen LogP contribution in [0.15, 0.2) is 29.2 Å². The zero-order valence-electron chi connectivity index (χ0n) is 13.8. The molecule has 0 atom stereocenters. The van der Waals surface area contributed by atoms with Crippen molar-refractivity contribution in [3.8, 4) is 0 Å². The number of hydrogen-bond donors (Lipinski definition) is 3. The van der Waals surface area contributed by atoms with Crippen LogP contribution in [0.3, 0.4) is 0 Å². The molecule has 6 nitrogen and oxygen atoms in total. The normalized spacial score (nSPS) is 11.7. The van der Waals surface area contributed by atoms with Crippen molar-refractivity contribution < 1.29 is 17.6 Å². The molecule has 0 bridgehead atoms. The van der Waals surface area contributed by atoms with Crippen molar-refractivity contribution in [3.05, 3.63) is 30.1 Å². The molecule has 0 aliphatic heterocycles. The number of hydrogen-bond acceptors (Lipinski definition) is 4. The molecule has 0 radical (unpaired) electrons. The van der Waals surface area contributed by atoms with Gasteiger partial charge < -0.3 is 11.1 Å². The molecule has 138 valence electrons. The zero-order valence-corrected chi connectivity index (χ0v) is 15.5. The summed E-state index contributed by atoms with van der Waals surface area (Å²) in [6, 6.07) is 5.08. The monoisotopic (exact) mass is 381 g/mol. The maximum atomic E-state index is 13.5. The predicted octanol–water partition coefficient (Wildman–Crippen LogP) is 1.55. The lowest BCUT2D eigenvalue weighted by molar-refractivity contribution is -0.122. The lowest BCUT2D eigenvalue weighted by Gasteiger charge is -2.31. The van der Waals surface area contributed by atoms with Crippen molar-refractivity contribution in [3.63, 3.8) is 0 Å². The van der Waals surface area contributed by atoms with Gasteiger partial charge in [-0.3, -0.25) is 4.79 Å². The van der Waals surface area contributed by atoms with Crippen LogP contribution in [-0.4, -0.2) is 33.0 Å². The van der Waals surface area contributed by atoms with E-state index in [1.807, 2.05) is 13.8 Å². The summed E-state index contributed by atoms with van der Waals surface area (Å²) >= 11 is 0. The third kappa shape index (κ3) is 6.01. The van der Waals surface area contributed by atoms with E-state index in [4.69, 9.17) is 5.73 Å². The molecule has 0 heterocycles. The second-order valence-corrected chi connectivity index (χ2v) is 7.05. The number of carbonyl (C=O) groups excluding carboxylic acids is 1. The molecule has 0 aliphatic carbocycles. The van der Waals surface area contributed by atoms with Crippen LogP contribution in [-0.2, 0) is 14.8 Å². The highest BCUT2D eigenvalue weighted by Gasteiger charge is 2.26. The maximum absolute atomic E-state index is 13.5. The fourth-order valence-corrected chi connectivity index (χ4v) is 3.27. The molecule has 0 fully saturated rings. The maximum Gasteiger partial charge on any atom is 0.243 e. The van der Waals surface area contributed by atoms with Gasteiger partial charge in [0.25, 0.3) is 0 Å². The Balaban J connectivity index is 0.00000529. The average Bonchev–Trinajstić information content (AvgIpc) is 2.53. The topological polar surface area (TPSA) is 101 Å². The molecule has 0 aromatic heterocycles. The summed E-state index contributed by atoms with van der Waals surface area (Å²) < 4.78 is 39.7. The molecule has 0 aliphatic rings. The number of nitrogens with one attached hydrogen (secondary N) is 2. The average molecular weight is 382 g/mol. The highest BCUT2D eigenvalue weighted by Crippen LogP contribution is 2.14. The van der Waals surface area contributed by atoms with Gasteiger partial charge in [-0.2, -0.15) is 0 Å². The molecule has 1 rings (SSSR count). The molecule has 0 saturated carbocycles. The largest absolute Gasteiger partial charge is 0.349 e. The first-order chi connectivity index (χ1) is 10.8. The number of carbonyl (C=O) groups is 1. The van der Waals surface area contributed by atoms with Crippen molar-refractivity contribution in [2.75, 3.05) is 13.1 Å².